The van der Waals surface area contributed by atoms with Crippen molar-refractivity contribution in [3.8, 4) is 0 Å². The normalized spacial score (nSPS) is 34.2. The minimum Gasteiger partial charge on any atom is -0.314 e. The first kappa shape index (κ1) is 8.06. The van der Waals surface area contributed by atoms with Gasteiger partial charge in [-0.2, -0.15) is 0 Å². The van der Waals surface area contributed by atoms with Gasteiger partial charge < -0.3 is 5.32 Å². The summed E-state index contributed by atoms with van der Waals surface area (Å²) >= 11 is 0. The van der Waals surface area contributed by atoms with E-state index in [0.29, 0.717) is 0 Å². The van der Waals surface area contributed by atoms with E-state index >= 15 is 0 Å². The molecule has 0 aromatic rings. The monoisotopic (exact) mass is 141 g/mol. The third-order valence-corrected chi connectivity index (χ3v) is 2.58. The van der Waals surface area contributed by atoms with E-state index in [-0.39, 0.29) is 0 Å². The molecule has 1 N–H and O–H groups in total. The van der Waals surface area contributed by atoms with E-state index < -0.39 is 0 Å². The molecule has 0 radical (unpaired) electrons. The van der Waals surface area contributed by atoms with Crippen molar-refractivity contribution in [2.45, 2.75) is 45.6 Å². The van der Waals surface area contributed by atoms with Crippen LogP contribution in [0.3, 0.4) is 0 Å². The summed E-state index contributed by atoms with van der Waals surface area (Å²) in [5.74, 6) is 0.911. The highest BCUT2D eigenvalue weighted by Gasteiger charge is 2.19. The number of rotatable bonds is 2. The molecule has 0 bridgehead atoms. The van der Waals surface area contributed by atoms with Crippen molar-refractivity contribution in [3.63, 3.8) is 0 Å². The molecular formula is C9H19N. The van der Waals surface area contributed by atoms with Crippen LogP contribution in [0.1, 0.15) is 39.5 Å². The molecule has 1 aliphatic carbocycles. The van der Waals surface area contributed by atoms with Crippen LogP contribution in [0, 0.1) is 5.92 Å². The van der Waals surface area contributed by atoms with Crippen LogP contribution in [0.25, 0.3) is 0 Å². The van der Waals surface area contributed by atoms with Gasteiger partial charge in [-0.25, -0.2) is 0 Å². The zero-order chi connectivity index (χ0) is 7.40. The number of hydrogen-bond acceptors (Lipinski definition) is 1. The Kier molecular flexibility index (Phi) is 3.20. The van der Waals surface area contributed by atoms with Gasteiger partial charge in [-0.05, 0) is 25.3 Å². The molecule has 0 saturated heterocycles. The summed E-state index contributed by atoms with van der Waals surface area (Å²) in [6.45, 7) is 5.70. The van der Waals surface area contributed by atoms with Gasteiger partial charge in [0.25, 0.3) is 0 Å². The van der Waals surface area contributed by atoms with E-state index in [1.54, 1.807) is 0 Å². The third-order valence-electron chi connectivity index (χ3n) is 2.58. The standard InChI is InChI=1S/C9H19N/c1-3-10-9-7-5-4-6-8(9)2/h8-10H,3-7H2,1-2H3/t8-,9-/m1/s1. The van der Waals surface area contributed by atoms with Crippen molar-refractivity contribution in [1.82, 2.24) is 5.32 Å². The molecule has 0 heterocycles. The topological polar surface area (TPSA) is 12.0 Å². The van der Waals surface area contributed by atoms with E-state index in [9.17, 15) is 0 Å². The minimum absolute atomic E-state index is 0.818. The molecule has 1 heteroatoms. The average molecular weight is 141 g/mol. The largest absolute Gasteiger partial charge is 0.314 e. The van der Waals surface area contributed by atoms with Crippen LogP contribution in [-0.4, -0.2) is 12.6 Å². The van der Waals surface area contributed by atoms with Gasteiger partial charge >= 0.3 is 0 Å². The van der Waals surface area contributed by atoms with Crippen molar-refractivity contribution >= 4 is 0 Å². The lowest BCUT2D eigenvalue weighted by molar-refractivity contribution is 0.285. The molecule has 1 rings (SSSR count). The maximum atomic E-state index is 3.53. The second-order valence-corrected chi connectivity index (χ2v) is 3.43. The molecule has 1 fully saturated rings. The van der Waals surface area contributed by atoms with Crippen LogP contribution in [0.2, 0.25) is 0 Å². The Labute approximate surface area is 64.2 Å². The van der Waals surface area contributed by atoms with Crippen LogP contribution in [-0.2, 0) is 0 Å². The number of nitrogens with one attached hydrogen (secondary N) is 1. The summed E-state index contributed by atoms with van der Waals surface area (Å²) in [4.78, 5) is 0. The fourth-order valence-electron chi connectivity index (χ4n) is 1.88. The first-order valence-electron chi connectivity index (χ1n) is 4.58. The lowest BCUT2D eigenvalue weighted by atomic mass is 9.86. The quantitative estimate of drug-likeness (QED) is 0.621. The predicted molar refractivity (Wildman–Crippen MR) is 45.1 cm³/mol. The van der Waals surface area contributed by atoms with E-state index in [1.807, 2.05) is 0 Å². The van der Waals surface area contributed by atoms with Crippen LogP contribution in [0.15, 0.2) is 0 Å². The molecule has 0 amide bonds. The molecule has 0 aromatic heterocycles. The highest BCUT2D eigenvalue weighted by atomic mass is 14.9. The van der Waals surface area contributed by atoms with Crippen LogP contribution in [0.5, 0.6) is 0 Å². The Morgan fingerprint density at radius 1 is 1.30 bits per heavy atom. The Bertz CT molecular complexity index is 88.7. The smallest absolute Gasteiger partial charge is 0.00925 e. The van der Waals surface area contributed by atoms with Gasteiger partial charge in [-0.15, -0.1) is 0 Å². The molecule has 1 nitrogen and oxygen atoms in total. The molecule has 0 aromatic carbocycles. The predicted octanol–water partition coefficient (Wildman–Crippen LogP) is 2.17. The second kappa shape index (κ2) is 3.97. The maximum Gasteiger partial charge on any atom is 0.00925 e. The average Bonchev–Trinajstić information content (AvgIpc) is 1.94. The van der Waals surface area contributed by atoms with Gasteiger partial charge in [0.2, 0.25) is 0 Å². The molecule has 0 aliphatic heterocycles. The molecule has 60 valence electrons. The zero-order valence-electron chi connectivity index (χ0n) is 7.19. The summed E-state index contributed by atoms with van der Waals surface area (Å²) < 4.78 is 0. The summed E-state index contributed by atoms with van der Waals surface area (Å²) in [5.41, 5.74) is 0. The third kappa shape index (κ3) is 1.98. The summed E-state index contributed by atoms with van der Waals surface area (Å²) in [6.07, 6.45) is 5.71. The van der Waals surface area contributed by atoms with Crippen molar-refractivity contribution in [3.05, 3.63) is 0 Å². The van der Waals surface area contributed by atoms with E-state index in [0.717, 1.165) is 18.5 Å². The maximum absolute atomic E-state index is 3.53. The highest BCUT2D eigenvalue weighted by molar-refractivity contribution is 4.77. The molecular weight excluding hydrogens is 122 g/mol. The van der Waals surface area contributed by atoms with E-state index in [1.165, 1.54) is 25.7 Å². The lowest BCUT2D eigenvalue weighted by Crippen LogP contribution is -2.36. The lowest BCUT2D eigenvalue weighted by Gasteiger charge is -2.29. The minimum atomic E-state index is 0.818. The molecule has 10 heavy (non-hydrogen) atoms. The van der Waals surface area contributed by atoms with Crippen molar-refractivity contribution in [2.24, 2.45) is 5.92 Å². The summed E-state index contributed by atoms with van der Waals surface area (Å²) in [7, 11) is 0. The molecule has 0 spiro atoms. The fourth-order valence-corrected chi connectivity index (χ4v) is 1.88. The number of hydrogen-bond donors (Lipinski definition) is 1. The van der Waals surface area contributed by atoms with Crippen LogP contribution >= 0.6 is 0 Å². The van der Waals surface area contributed by atoms with Gasteiger partial charge in [0, 0.05) is 6.04 Å². The molecule has 2 atom stereocenters. The van der Waals surface area contributed by atoms with Crippen molar-refractivity contribution in [2.75, 3.05) is 6.54 Å². The van der Waals surface area contributed by atoms with Crippen LogP contribution in [0.4, 0.5) is 0 Å². The van der Waals surface area contributed by atoms with Gasteiger partial charge in [-0.3, -0.25) is 0 Å². The Hall–Kier alpha value is -0.0400. The second-order valence-electron chi connectivity index (χ2n) is 3.43. The Morgan fingerprint density at radius 2 is 2.00 bits per heavy atom. The zero-order valence-corrected chi connectivity index (χ0v) is 7.19. The Morgan fingerprint density at radius 3 is 2.60 bits per heavy atom. The van der Waals surface area contributed by atoms with Crippen molar-refractivity contribution < 1.29 is 0 Å². The fraction of sp³-hybridized carbons (Fsp3) is 1.00. The molecule has 1 saturated carbocycles. The van der Waals surface area contributed by atoms with Gasteiger partial charge in [-0.1, -0.05) is 26.7 Å². The van der Waals surface area contributed by atoms with E-state index in [2.05, 4.69) is 19.2 Å². The SMILES string of the molecule is CCN[C@@H]1CCCC[C@H]1C. The Balaban J connectivity index is 2.25. The van der Waals surface area contributed by atoms with E-state index in [4.69, 9.17) is 0 Å². The van der Waals surface area contributed by atoms with Gasteiger partial charge in [0.1, 0.15) is 0 Å². The highest BCUT2D eigenvalue weighted by Crippen LogP contribution is 2.23. The van der Waals surface area contributed by atoms with Gasteiger partial charge in [0.05, 0.1) is 0 Å². The first-order valence-corrected chi connectivity index (χ1v) is 4.58. The first-order chi connectivity index (χ1) is 4.84. The molecule has 0 unspecified atom stereocenters. The summed E-state index contributed by atoms with van der Waals surface area (Å²) in [5, 5.41) is 3.53. The van der Waals surface area contributed by atoms with Gasteiger partial charge in [0.15, 0.2) is 0 Å². The van der Waals surface area contributed by atoms with Crippen LogP contribution < -0.4 is 5.32 Å². The molecule has 1 aliphatic rings. The van der Waals surface area contributed by atoms with Crippen molar-refractivity contribution in [1.29, 1.82) is 0 Å². The summed E-state index contributed by atoms with van der Waals surface area (Å²) in [6, 6.07) is 0.818.